The summed E-state index contributed by atoms with van der Waals surface area (Å²) in [4.78, 5) is 12.3. The summed E-state index contributed by atoms with van der Waals surface area (Å²) in [7, 11) is 0. The largest absolute Gasteiger partial charge is 0.322 e. The number of anilines is 1. The monoisotopic (exact) mass is 391 g/mol. The van der Waals surface area contributed by atoms with Crippen LogP contribution < -0.4 is 5.32 Å². The standard InChI is InChI=1S/C17H12BrF2N3O/c1-10-14(9-21-23(10)13-5-2-11(18)3-6-13)17(24)22-12-4-7-15(19)16(20)8-12/h2-9H,1H3,(H,22,24). The Hall–Kier alpha value is -2.54. The second-order valence-electron chi connectivity index (χ2n) is 5.11. The van der Waals surface area contributed by atoms with E-state index in [0.29, 0.717) is 11.3 Å². The fourth-order valence-electron chi connectivity index (χ4n) is 2.25. The Morgan fingerprint density at radius 2 is 1.83 bits per heavy atom. The van der Waals surface area contributed by atoms with Crippen molar-refractivity contribution in [3.8, 4) is 5.69 Å². The number of halogens is 3. The van der Waals surface area contributed by atoms with Gasteiger partial charge in [-0.05, 0) is 43.3 Å². The lowest BCUT2D eigenvalue weighted by Crippen LogP contribution is -2.13. The number of amides is 1. The van der Waals surface area contributed by atoms with Crippen LogP contribution in [0.4, 0.5) is 14.5 Å². The number of nitrogens with one attached hydrogen (secondary N) is 1. The number of hydrogen-bond acceptors (Lipinski definition) is 2. The molecule has 0 aliphatic heterocycles. The molecule has 7 heteroatoms. The van der Waals surface area contributed by atoms with Crippen LogP contribution >= 0.6 is 15.9 Å². The first kappa shape index (κ1) is 16.3. The molecule has 0 saturated carbocycles. The van der Waals surface area contributed by atoms with Gasteiger partial charge in [0.25, 0.3) is 5.91 Å². The van der Waals surface area contributed by atoms with E-state index in [1.54, 1.807) is 11.6 Å². The first-order valence-corrected chi connectivity index (χ1v) is 7.82. The summed E-state index contributed by atoms with van der Waals surface area (Å²) < 4.78 is 28.7. The highest BCUT2D eigenvalue weighted by atomic mass is 79.9. The highest BCUT2D eigenvalue weighted by molar-refractivity contribution is 9.10. The van der Waals surface area contributed by atoms with Gasteiger partial charge in [0.05, 0.1) is 23.1 Å². The Bertz CT molecular complexity index is 907. The van der Waals surface area contributed by atoms with E-state index in [-0.39, 0.29) is 5.69 Å². The van der Waals surface area contributed by atoms with Crippen molar-refractivity contribution in [2.45, 2.75) is 6.92 Å². The summed E-state index contributed by atoms with van der Waals surface area (Å²) in [6.07, 6.45) is 1.44. The maximum Gasteiger partial charge on any atom is 0.259 e. The molecule has 4 nitrogen and oxygen atoms in total. The Balaban J connectivity index is 1.85. The van der Waals surface area contributed by atoms with Crippen LogP contribution in [0.5, 0.6) is 0 Å². The number of aromatic nitrogens is 2. The van der Waals surface area contributed by atoms with Gasteiger partial charge in [-0.1, -0.05) is 15.9 Å². The van der Waals surface area contributed by atoms with Gasteiger partial charge < -0.3 is 5.32 Å². The predicted octanol–water partition coefficient (Wildman–Crippen LogP) is 4.47. The van der Waals surface area contributed by atoms with Gasteiger partial charge in [0.15, 0.2) is 11.6 Å². The SMILES string of the molecule is Cc1c(C(=O)Nc2ccc(F)c(F)c2)cnn1-c1ccc(Br)cc1. The number of hydrogen-bond donors (Lipinski definition) is 1. The molecule has 0 aliphatic rings. The highest BCUT2D eigenvalue weighted by Crippen LogP contribution is 2.19. The van der Waals surface area contributed by atoms with Gasteiger partial charge in [-0.25, -0.2) is 13.5 Å². The third-order valence-corrected chi connectivity index (χ3v) is 4.03. The Kier molecular flexibility index (Phi) is 4.44. The summed E-state index contributed by atoms with van der Waals surface area (Å²) in [6.45, 7) is 1.76. The van der Waals surface area contributed by atoms with E-state index in [1.165, 1.54) is 12.3 Å². The summed E-state index contributed by atoms with van der Waals surface area (Å²) in [5, 5.41) is 6.75. The molecule has 0 fully saturated rings. The molecule has 0 radical (unpaired) electrons. The number of rotatable bonds is 3. The van der Waals surface area contributed by atoms with Gasteiger partial charge in [0, 0.05) is 16.2 Å². The Morgan fingerprint density at radius 3 is 2.50 bits per heavy atom. The third kappa shape index (κ3) is 3.21. The minimum Gasteiger partial charge on any atom is -0.322 e. The average Bonchev–Trinajstić information content (AvgIpc) is 2.93. The quantitative estimate of drug-likeness (QED) is 0.715. The molecular formula is C17H12BrF2N3O. The minimum absolute atomic E-state index is 0.176. The lowest BCUT2D eigenvalue weighted by atomic mass is 10.2. The first-order valence-electron chi connectivity index (χ1n) is 7.02. The molecule has 0 spiro atoms. The van der Waals surface area contributed by atoms with E-state index in [4.69, 9.17) is 0 Å². The van der Waals surface area contributed by atoms with Crippen LogP contribution in [0.3, 0.4) is 0 Å². The second kappa shape index (κ2) is 6.52. The van der Waals surface area contributed by atoms with E-state index >= 15 is 0 Å². The molecule has 1 amide bonds. The molecule has 1 heterocycles. The normalized spacial score (nSPS) is 10.7. The lowest BCUT2D eigenvalue weighted by molar-refractivity contribution is 0.102. The first-order chi connectivity index (χ1) is 11.5. The highest BCUT2D eigenvalue weighted by Gasteiger charge is 2.16. The lowest BCUT2D eigenvalue weighted by Gasteiger charge is -2.07. The van der Waals surface area contributed by atoms with E-state index < -0.39 is 17.5 Å². The molecule has 0 aliphatic carbocycles. The fourth-order valence-corrected chi connectivity index (χ4v) is 2.51. The zero-order valence-corrected chi connectivity index (χ0v) is 14.1. The molecule has 122 valence electrons. The molecule has 0 atom stereocenters. The van der Waals surface area contributed by atoms with Crippen molar-refractivity contribution >= 4 is 27.5 Å². The molecular weight excluding hydrogens is 380 g/mol. The summed E-state index contributed by atoms with van der Waals surface area (Å²) in [6, 6.07) is 10.7. The third-order valence-electron chi connectivity index (χ3n) is 3.50. The van der Waals surface area contributed by atoms with E-state index in [1.807, 2.05) is 24.3 Å². The van der Waals surface area contributed by atoms with Crippen LogP contribution in [0, 0.1) is 18.6 Å². The summed E-state index contributed by atoms with van der Waals surface area (Å²) >= 11 is 3.36. The van der Waals surface area contributed by atoms with Crippen molar-refractivity contribution in [2.75, 3.05) is 5.32 Å². The molecule has 1 aromatic heterocycles. The van der Waals surface area contributed by atoms with E-state index in [0.717, 1.165) is 22.3 Å². The average molecular weight is 392 g/mol. The van der Waals surface area contributed by atoms with Gasteiger partial charge >= 0.3 is 0 Å². The van der Waals surface area contributed by atoms with Crippen LogP contribution in [0.15, 0.2) is 53.1 Å². The van der Waals surface area contributed by atoms with Crippen molar-refractivity contribution in [2.24, 2.45) is 0 Å². The fraction of sp³-hybridized carbons (Fsp3) is 0.0588. The molecule has 0 bridgehead atoms. The molecule has 3 aromatic rings. The topological polar surface area (TPSA) is 46.9 Å². The number of nitrogens with zero attached hydrogens (tertiary/aromatic N) is 2. The van der Waals surface area contributed by atoms with Crippen molar-refractivity contribution < 1.29 is 13.6 Å². The smallest absolute Gasteiger partial charge is 0.259 e. The zero-order chi connectivity index (χ0) is 17.3. The van der Waals surface area contributed by atoms with Crippen molar-refractivity contribution in [3.05, 3.63) is 76.0 Å². The van der Waals surface area contributed by atoms with Crippen LogP contribution in [0.25, 0.3) is 5.69 Å². The molecule has 0 unspecified atom stereocenters. The molecule has 3 rings (SSSR count). The minimum atomic E-state index is -1.02. The summed E-state index contributed by atoms with van der Waals surface area (Å²) in [5.41, 5.74) is 1.97. The molecule has 0 saturated heterocycles. The number of carbonyl (C=O) groups is 1. The molecule has 24 heavy (non-hydrogen) atoms. The van der Waals surface area contributed by atoms with Crippen molar-refractivity contribution in [1.29, 1.82) is 0 Å². The Labute approximate surface area is 145 Å². The zero-order valence-electron chi connectivity index (χ0n) is 12.6. The van der Waals surface area contributed by atoms with Gasteiger partial charge in [-0.2, -0.15) is 5.10 Å². The van der Waals surface area contributed by atoms with Crippen LogP contribution in [-0.4, -0.2) is 15.7 Å². The molecule has 1 N–H and O–H groups in total. The van der Waals surface area contributed by atoms with Crippen LogP contribution in [-0.2, 0) is 0 Å². The second-order valence-corrected chi connectivity index (χ2v) is 6.03. The number of carbonyl (C=O) groups excluding carboxylic acids is 1. The Morgan fingerprint density at radius 1 is 1.12 bits per heavy atom. The van der Waals surface area contributed by atoms with Crippen molar-refractivity contribution in [3.63, 3.8) is 0 Å². The molecule has 2 aromatic carbocycles. The summed E-state index contributed by atoms with van der Waals surface area (Å²) in [5.74, 6) is -2.43. The maximum atomic E-state index is 13.2. The van der Waals surface area contributed by atoms with Gasteiger partial charge in [-0.3, -0.25) is 4.79 Å². The maximum absolute atomic E-state index is 13.2. The van der Waals surface area contributed by atoms with E-state index in [9.17, 15) is 13.6 Å². The van der Waals surface area contributed by atoms with Crippen LogP contribution in [0.1, 0.15) is 16.1 Å². The number of benzene rings is 2. The van der Waals surface area contributed by atoms with Gasteiger partial charge in [0.1, 0.15) is 0 Å². The van der Waals surface area contributed by atoms with Crippen LogP contribution in [0.2, 0.25) is 0 Å². The van der Waals surface area contributed by atoms with Gasteiger partial charge in [-0.15, -0.1) is 0 Å². The van der Waals surface area contributed by atoms with Crippen molar-refractivity contribution in [1.82, 2.24) is 9.78 Å². The van der Waals surface area contributed by atoms with Gasteiger partial charge in [0.2, 0.25) is 0 Å². The predicted molar refractivity (Wildman–Crippen MR) is 90.3 cm³/mol. The van der Waals surface area contributed by atoms with E-state index in [2.05, 4.69) is 26.3 Å².